The van der Waals surface area contributed by atoms with E-state index < -0.39 is 0 Å². The molecule has 2 fully saturated rings. The summed E-state index contributed by atoms with van der Waals surface area (Å²) in [4.78, 5) is 13.6. The highest BCUT2D eigenvalue weighted by Crippen LogP contribution is 2.20. The smallest absolute Gasteiger partial charge is 0.220 e. The number of piperidine rings is 1. The van der Waals surface area contributed by atoms with Crippen LogP contribution in [0.5, 0.6) is 0 Å². The normalized spacial score (nSPS) is 34.9. The first-order valence-corrected chi connectivity index (χ1v) is 6.49. The van der Waals surface area contributed by atoms with Gasteiger partial charge in [0.1, 0.15) is 0 Å². The summed E-state index contributed by atoms with van der Waals surface area (Å²) in [5, 5.41) is 3.02. The van der Waals surface area contributed by atoms with Gasteiger partial charge in [0.15, 0.2) is 0 Å². The zero-order valence-corrected chi connectivity index (χ0v) is 10.5. The van der Waals surface area contributed by atoms with E-state index in [1.165, 1.54) is 0 Å². The Labute approximate surface area is 103 Å². The van der Waals surface area contributed by atoms with Gasteiger partial charge in [0.2, 0.25) is 5.91 Å². The third kappa shape index (κ3) is 3.18. The van der Waals surface area contributed by atoms with Crippen molar-refractivity contribution in [2.75, 3.05) is 26.7 Å². The fraction of sp³-hybridized carbons (Fsp3) is 0.917. The lowest BCUT2D eigenvalue weighted by molar-refractivity contribution is -0.119. The van der Waals surface area contributed by atoms with E-state index in [1.807, 2.05) is 0 Å². The van der Waals surface area contributed by atoms with Gasteiger partial charge in [0.25, 0.3) is 0 Å². The maximum Gasteiger partial charge on any atom is 0.220 e. The van der Waals surface area contributed by atoms with Crippen LogP contribution in [0.2, 0.25) is 0 Å². The number of rotatable bonds is 4. The third-order valence-electron chi connectivity index (χ3n) is 3.93. The standard InChI is InChI=1S/C12H23N3O2/c1-17-11-4-5-15(10(6-11)7-13)8-9-2-3-12(16)14-9/h9-11H,2-8,13H2,1H3,(H,14,16). The molecule has 0 spiro atoms. The van der Waals surface area contributed by atoms with Crippen LogP contribution < -0.4 is 11.1 Å². The number of carbonyl (C=O) groups excluding carboxylic acids is 1. The van der Waals surface area contributed by atoms with E-state index in [2.05, 4.69) is 10.2 Å². The van der Waals surface area contributed by atoms with Gasteiger partial charge in [-0.1, -0.05) is 0 Å². The fourth-order valence-electron chi connectivity index (χ4n) is 2.86. The van der Waals surface area contributed by atoms with Gasteiger partial charge in [-0.15, -0.1) is 0 Å². The Kier molecular flexibility index (Phi) is 4.36. The van der Waals surface area contributed by atoms with Crippen LogP contribution >= 0.6 is 0 Å². The van der Waals surface area contributed by atoms with Crippen LogP contribution in [0, 0.1) is 0 Å². The average molecular weight is 241 g/mol. The van der Waals surface area contributed by atoms with Gasteiger partial charge in [0.05, 0.1) is 6.10 Å². The minimum Gasteiger partial charge on any atom is -0.381 e. The first-order valence-electron chi connectivity index (χ1n) is 6.49. The first-order chi connectivity index (χ1) is 8.22. The van der Waals surface area contributed by atoms with Crippen LogP contribution in [0.4, 0.5) is 0 Å². The van der Waals surface area contributed by atoms with Gasteiger partial charge in [-0.2, -0.15) is 0 Å². The maximum absolute atomic E-state index is 11.2. The summed E-state index contributed by atoms with van der Waals surface area (Å²) in [6.07, 6.45) is 4.05. The lowest BCUT2D eigenvalue weighted by atomic mass is 9.98. The largest absolute Gasteiger partial charge is 0.381 e. The quantitative estimate of drug-likeness (QED) is 0.709. The lowest BCUT2D eigenvalue weighted by Crippen LogP contribution is -2.52. The van der Waals surface area contributed by atoms with Crippen molar-refractivity contribution in [2.45, 2.75) is 43.9 Å². The third-order valence-corrected chi connectivity index (χ3v) is 3.93. The first kappa shape index (κ1) is 12.8. The molecule has 5 nitrogen and oxygen atoms in total. The summed E-state index contributed by atoms with van der Waals surface area (Å²) in [6, 6.07) is 0.710. The molecule has 2 rings (SSSR count). The number of amides is 1. The molecule has 5 heteroatoms. The van der Waals surface area contributed by atoms with Crippen molar-refractivity contribution in [3.8, 4) is 0 Å². The Morgan fingerprint density at radius 2 is 2.35 bits per heavy atom. The molecule has 0 bridgehead atoms. The number of hydrogen-bond donors (Lipinski definition) is 2. The second-order valence-corrected chi connectivity index (χ2v) is 5.07. The van der Waals surface area contributed by atoms with Crippen LogP contribution in [0.15, 0.2) is 0 Å². The molecule has 2 aliphatic heterocycles. The van der Waals surface area contributed by atoms with Crippen LogP contribution in [0.1, 0.15) is 25.7 Å². The zero-order chi connectivity index (χ0) is 12.3. The monoisotopic (exact) mass is 241 g/mol. The Morgan fingerprint density at radius 3 is 2.94 bits per heavy atom. The molecule has 2 heterocycles. The molecular formula is C12H23N3O2. The van der Waals surface area contributed by atoms with E-state index >= 15 is 0 Å². The molecule has 0 aromatic rings. The molecule has 2 aliphatic rings. The van der Waals surface area contributed by atoms with Crippen LogP contribution in [0.3, 0.4) is 0 Å². The zero-order valence-electron chi connectivity index (χ0n) is 10.5. The van der Waals surface area contributed by atoms with Gasteiger partial charge in [-0.25, -0.2) is 0 Å². The Morgan fingerprint density at radius 1 is 1.53 bits per heavy atom. The minimum atomic E-state index is 0.186. The van der Waals surface area contributed by atoms with E-state index in [-0.39, 0.29) is 5.91 Å². The number of nitrogens with one attached hydrogen (secondary N) is 1. The van der Waals surface area contributed by atoms with Crippen molar-refractivity contribution >= 4 is 5.91 Å². The number of nitrogens with zero attached hydrogens (tertiary/aromatic N) is 1. The highest BCUT2D eigenvalue weighted by Gasteiger charge is 2.31. The summed E-state index contributed by atoms with van der Waals surface area (Å²) in [6.45, 7) is 2.62. The van der Waals surface area contributed by atoms with E-state index in [4.69, 9.17) is 10.5 Å². The molecule has 0 saturated carbocycles. The summed E-state index contributed by atoms with van der Waals surface area (Å²) in [5.74, 6) is 0.186. The fourth-order valence-corrected chi connectivity index (χ4v) is 2.86. The number of hydrogen-bond acceptors (Lipinski definition) is 4. The van der Waals surface area contributed by atoms with Crippen molar-refractivity contribution in [1.82, 2.24) is 10.2 Å². The summed E-state index contributed by atoms with van der Waals surface area (Å²) in [7, 11) is 1.77. The molecule has 2 saturated heterocycles. The van der Waals surface area contributed by atoms with E-state index in [0.29, 0.717) is 31.2 Å². The maximum atomic E-state index is 11.2. The average Bonchev–Trinajstić information content (AvgIpc) is 2.75. The van der Waals surface area contributed by atoms with E-state index in [9.17, 15) is 4.79 Å². The number of nitrogens with two attached hydrogens (primary N) is 1. The van der Waals surface area contributed by atoms with Gasteiger partial charge < -0.3 is 15.8 Å². The summed E-state index contributed by atoms with van der Waals surface area (Å²) < 4.78 is 5.41. The SMILES string of the molecule is COC1CCN(CC2CCC(=O)N2)C(CN)C1. The van der Waals surface area contributed by atoms with Crippen molar-refractivity contribution in [2.24, 2.45) is 5.73 Å². The second-order valence-electron chi connectivity index (χ2n) is 5.07. The molecule has 3 unspecified atom stereocenters. The highest BCUT2D eigenvalue weighted by molar-refractivity contribution is 5.78. The van der Waals surface area contributed by atoms with Gasteiger partial charge in [0, 0.05) is 45.2 Å². The molecule has 0 radical (unpaired) electrons. The second kappa shape index (κ2) is 5.80. The predicted octanol–water partition coefficient (Wildman–Crippen LogP) is -0.297. The van der Waals surface area contributed by atoms with Crippen molar-refractivity contribution in [3.05, 3.63) is 0 Å². The van der Waals surface area contributed by atoms with Crippen molar-refractivity contribution in [3.63, 3.8) is 0 Å². The molecule has 17 heavy (non-hydrogen) atoms. The number of ether oxygens (including phenoxy) is 1. The Bertz CT molecular complexity index is 272. The highest BCUT2D eigenvalue weighted by atomic mass is 16.5. The molecular weight excluding hydrogens is 218 g/mol. The predicted molar refractivity (Wildman–Crippen MR) is 65.6 cm³/mol. The lowest BCUT2D eigenvalue weighted by Gasteiger charge is -2.39. The van der Waals surface area contributed by atoms with E-state index in [0.717, 1.165) is 32.4 Å². The topological polar surface area (TPSA) is 67.6 Å². The Balaban J connectivity index is 1.85. The van der Waals surface area contributed by atoms with Crippen molar-refractivity contribution < 1.29 is 9.53 Å². The van der Waals surface area contributed by atoms with Crippen LogP contribution in [-0.4, -0.2) is 55.7 Å². The summed E-state index contributed by atoms with van der Waals surface area (Å²) in [5.41, 5.74) is 5.83. The molecule has 1 amide bonds. The Hall–Kier alpha value is -0.650. The molecule has 0 aliphatic carbocycles. The number of likely N-dealkylation sites (tertiary alicyclic amines) is 1. The number of carbonyl (C=O) groups is 1. The molecule has 0 aromatic carbocycles. The summed E-state index contributed by atoms with van der Waals surface area (Å²) >= 11 is 0. The molecule has 3 atom stereocenters. The molecule has 98 valence electrons. The van der Waals surface area contributed by atoms with Gasteiger partial charge >= 0.3 is 0 Å². The number of methoxy groups -OCH3 is 1. The minimum absolute atomic E-state index is 0.186. The van der Waals surface area contributed by atoms with Crippen molar-refractivity contribution in [1.29, 1.82) is 0 Å². The van der Waals surface area contributed by atoms with Crippen LogP contribution in [-0.2, 0) is 9.53 Å². The van der Waals surface area contributed by atoms with Crippen LogP contribution in [0.25, 0.3) is 0 Å². The molecule has 3 N–H and O–H groups in total. The van der Waals surface area contributed by atoms with Gasteiger partial charge in [-0.3, -0.25) is 9.69 Å². The molecule has 0 aromatic heterocycles. The van der Waals surface area contributed by atoms with E-state index in [1.54, 1.807) is 7.11 Å². The van der Waals surface area contributed by atoms with Gasteiger partial charge in [-0.05, 0) is 19.3 Å².